The molecule has 34 heavy (non-hydrogen) atoms. The molecule has 0 radical (unpaired) electrons. The van der Waals surface area contributed by atoms with E-state index in [4.69, 9.17) is 4.52 Å². The Bertz CT molecular complexity index is 715. The molecule has 0 aromatic carbocycles. The zero-order valence-corrected chi connectivity index (χ0v) is 28.1. The molecule has 4 aliphatic rings. The van der Waals surface area contributed by atoms with Gasteiger partial charge in [0.25, 0.3) is 0 Å². The number of hydrogen-bond donors (Lipinski definition) is 0. The molecule has 0 bridgehead atoms. The van der Waals surface area contributed by atoms with E-state index in [9.17, 15) is 14.4 Å². The molecule has 4 nitrogen and oxygen atoms in total. The fourth-order valence-electron chi connectivity index (χ4n) is 9.52. The average molecular weight is 513 g/mol. The maximum Gasteiger partial charge on any atom is 1.00 e. The van der Waals surface area contributed by atoms with Crippen molar-refractivity contribution in [2.24, 2.45) is 52.3 Å². The Hall–Kier alpha value is 2.11. The molecule has 4 fully saturated rings. The summed E-state index contributed by atoms with van der Waals surface area (Å²) in [6.07, 6.45) is 14.3. The molecule has 0 unspecified atom stereocenters. The predicted octanol–water partition coefficient (Wildman–Crippen LogP) is 0.330. The minimum absolute atomic E-state index is 0. The normalized spacial score (nSPS) is 42.6. The molecule has 186 valence electrons. The van der Waals surface area contributed by atoms with E-state index in [-0.39, 0.29) is 65.2 Å². The summed E-state index contributed by atoms with van der Waals surface area (Å²) in [5, 5.41) is 0. The molecule has 0 saturated heterocycles. The second kappa shape index (κ2) is 12.5. The van der Waals surface area contributed by atoms with E-state index in [0.717, 1.165) is 54.8 Å². The van der Waals surface area contributed by atoms with E-state index in [1.165, 1.54) is 57.8 Å². The molecule has 0 amide bonds. The summed E-state index contributed by atoms with van der Waals surface area (Å²) in [6, 6.07) is 0. The Morgan fingerprint density at radius 1 is 0.882 bits per heavy atom. The van der Waals surface area contributed by atoms with E-state index in [2.05, 4.69) is 34.6 Å². The summed E-state index contributed by atoms with van der Waals surface area (Å²) in [7, 11) is -4.89. The van der Waals surface area contributed by atoms with Crippen molar-refractivity contribution in [2.45, 2.75) is 118 Å². The van der Waals surface area contributed by atoms with Gasteiger partial charge in [0.2, 0.25) is 0 Å². The molecule has 0 aromatic rings. The Kier molecular flexibility index (Phi) is 11.9. The molecule has 9 atom stereocenters. The zero-order valence-electron chi connectivity index (χ0n) is 23.2. The largest absolute Gasteiger partial charge is 1.00 e. The summed E-state index contributed by atoms with van der Waals surface area (Å²) in [5.41, 5.74) is 0.806. The zero-order chi connectivity index (χ0) is 23.3. The Morgan fingerprint density at radius 3 is 2.18 bits per heavy atom. The summed E-state index contributed by atoms with van der Waals surface area (Å²) in [6.45, 7) is 12.4. The fourth-order valence-corrected chi connectivity index (χ4v) is 10.1. The summed E-state index contributed by atoms with van der Waals surface area (Å²) in [4.78, 5) is 22.3. The summed E-state index contributed by atoms with van der Waals surface area (Å²) >= 11 is 0. The van der Waals surface area contributed by atoms with Crippen LogP contribution in [0.3, 0.4) is 0 Å². The third kappa shape index (κ3) is 6.63. The minimum atomic E-state index is -4.89. The second-order valence-electron chi connectivity index (χ2n) is 13.1. The quantitative estimate of drug-likeness (QED) is 0.364. The van der Waals surface area contributed by atoms with Crippen LogP contribution < -0.4 is 68.9 Å². The first kappa shape index (κ1) is 32.3. The van der Waals surface area contributed by atoms with Crippen LogP contribution in [0.5, 0.6) is 0 Å². The summed E-state index contributed by atoms with van der Waals surface area (Å²) < 4.78 is 16.1. The van der Waals surface area contributed by atoms with Gasteiger partial charge >= 0.3 is 59.1 Å². The van der Waals surface area contributed by atoms with Crippen LogP contribution in [-0.4, -0.2) is 6.10 Å². The van der Waals surface area contributed by atoms with Crippen molar-refractivity contribution >= 4 is 7.82 Å². The third-order valence-corrected chi connectivity index (χ3v) is 11.7. The molecule has 4 saturated carbocycles. The molecule has 7 heteroatoms. The maximum absolute atomic E-state index is 11.2. The van der Waals surface area contributed by atoms with Crippen LogP contribution in [0.25, 0.3) is 0 Å². The number of phosphoric ester groups is 1. The molecule has 0 spiro atoms. The third-order valence-electron chi connectivity index (χ3n) is 11.1. The Balaban J connectivity index is 0.00000204. The molecular weight excluding hydrogens is 465 g/mol. The van der Waals surface area contributed by atoms with Crippen LogP contribution in [0.2, 0.25) is 0 Å². The first-order valence-corrected chi connectivity index (χ1v) is 15.1. The van der Waals surface area contributed by atoms with E-state index in [1.54, 1.807) is 0 Å². The van der Waals surface area contributed by atoms with Gasteiger partial charge in [-0.15, -0.1) is 0 Å². The van der Waals surface area contributed by atoms with Gasteiger partial charge in [0, 0.05) is 0 Å². The van der Waals surface area contributed by atoms with E-state index in [1.807, 2.05) is 0 Å². The van der Waals surface area contributed by atoms with Gasteiger partial charge in [-0.1, -0.05) is 53.9 Å². The van der Waals surface area contributed by atoms with Crippen LogP contribution in [0.4, 0.5) is 0 Å². The predicted molar refractivity (Wildman–Crippen MR) is 126 cm³/mol. The Labute approximate surface area is 253 Å². The topological polar surface area (TPSA) is 72.4 Å². The standard InChI is InChI=1S/C27H49O4P.2Na/c1-18(2)7-6-8-19(3)23-11-12-24-22-10-9-20-17-21(31-32(28,29)30)13-15-26(20,4)25(22)14-16-27(23,24)5;;/h18-25H,6-17H2,1-5H3,(H2,28,29,30);;/q;2*+1/p-2/t19-,20+,21-,22+,23-,24+,25+,26+,27-;;/m1../s1. The number of phosphoric acid groups is 1. The second-order valence-corrected chi connectivity index (χ2v) is 14.2. The van der Waals surface area contributed by atoms with E-state index < -0.39 is 7.82 Å². The van der Waals surface area contributed by atoms with E-state index in [0.29, 0.717) is 16.7 Å². The number of hydrogen-bond acceptors (Lipinski definition) is 4. The smallest absolute Gasteiger partial charge is 0.790 e. The minimum Gasteiger partial charge on any atom is -0.790 e. The summed E-state index contributed by atoms with van der Waals surface area (Å²) in [5.74, 6) is 5.52. The van der Waals surface area contributed by atoms with Gasteiger partial charge in [-0.3, -0.25) is 0 Å². The van der Waals surface area contributed by atoms with Crippen molar-refractivity contribution in [2.75, 3.05) is 0 Å². The van der Waals surface area contributed by atoms with Gasteiger partial charge in [-0.05, 0) is 110 Å². The Morgan fingerprint density at radius 2 is 1.53 bits per heavy atom. The molecule has 4 rings (SSSR count). The van der Waals surface area contributed by atoms with Crippen molar-refractivity contribution in [1.29, 1.82) is 0 Å². The molecule has 0 aromatic heterocycles. The van der Waals surface area contributed by atoms with Crippen LogP contribution in [-0.2, 0) is 9.09 Å². The molecule has 0 heterocycles. The van der Waals surface area contributed by atoms with Crippen molar-refractivity contribution in [1.82, 2.24) is 0 Å². The van der Waals surface area contributed by atoms with Gasteiger partial charge in [0.15, 0.2) is 0 Å². The van der Waals surface area contributed by atoms with Gasteiger partial charge in [-0.25, -0.2) is 0 Å². The first-order valence-electron chi connectivity index (χ1n) is 13.6. The van der Waals surface area contributed by atoms with Crippen molar-refractivity contribution < 1.29 is 78.0 Å². The number of rotatable bonds is 7. The number of fused-ring (bicyclic) bond motifs is 5. The van der Waals surface area contributed by atoms with Gasteiger partial charge in [0.05, 0.1) is 13.9 Å². The maximum atomic E-state index is 11.2. The van der Waals surface area contributed by atoms with Gasteiger partial charge in [0.1, 0.15) is 0 Å². The van der Waals surface area contributed by atoms with Crippen LogP contribution in [0, 0.1) is 52.3 Å². The SMILES string of the molecule is CC(C)CCC[C@@H](C)[C@H]1CC[C@H]2[C@@H]3CC[C@H]4C[C@H](OP(=O)([O-])[O-])CC[C@]4(C)[C@H]3CC[C@]12C.[Na+].[Na+]. The molecular formula is C27H47Na2O4P. The van der Waals surface area contributed by atoms with Crippen molar-refractivity contribution in [3.05, 3.63) is 0 Å². The van der Waals surface area contributed by atoms with Crippen molar-refractivity contribution in [3.63, 3.8) is 0 Å². The fraction of sp³-hybridized carbons (Fsp3) is 1.00. The van der Waals surface area contributed by atoms with Gasteiger partial charge in [-0.2, -0.15) is 0 Å². The molecule has 0 aliphatic heterocycles. The van der Waals surface area contributed by atoms with Gasteiger partial charge < -0.3 is 18.9 Å². The average Bonchev–Trinajstić information content (AvgIpc) is 3.04. The van der Waals surface area contributed by atoms with Crippen LogP contribution in [0.1, 0.15) is 112 Å². The van der Waals surface area contributed by atoms with Crippen LogP contribution in [0.15, 0.2) is 0 Å². The van der Waals surface area contributed by atoms with Crippen molar-refractivity contribution in [3.8, 4) is 0 Å². The van der Waals surface area contributed by atoms with Crippen LogP contribution >= 0.6 is 7.82 Å². The molecule has 4 aliphatic carbocycles. The monoisotopic (exact) mass is 512 g/mol. The first-order chi connectivity index (χ1) is 14.9. The molecule has 0 N–H and O–H groups in total. The van der Waals surface area contributed by atoms with E-state index >= 15 is 0 Å².